The Hall–Kier alpha value is -2.94. The first-order valence-corrected chi connectivity index (χ1v) is 7.71. The number of methoxy groups -OCH3 is 2. The van der Waals surface area contributed by atoms with Gasteiger partial charge in [0, 0.05) is 43.9 Å². The monoisotopic (exact) mass is 367 g/mol. The standard InChI is InChI=1S/C17H21NO8/c1-23-14(19)5-7-16(21)25-12-13(11-18-9-3-4-10-18)26-17(22)8-6-15(20)24-2/h3-8,13H,9-12H2,1-2H3/b7-5+,8-6+. The fourth-order valence-electron chi connectivity index (χ4n) is 1.92. The van der Waals surface area contributed by atoms with E-state index in [9.17, 15) is 19.2 Å². The third-order valence-corrected chi connectivity index (χ3v) is 3.16. The van der Waals surface area contributed by atoms with E-state index in [4.69, 9.17) is 9.47 Å². The average Bonchev–Trinajstić information content (AvgIpc) is 3.14. The average molecular weight is 367 g/mol. The predicted molar refractivity (Wildman–Crippen MR) is 88.7 cm³/mol. The van der Waals surface area contributed by atoms with E-state index in [0.29, 0.717) is 19.6 Å². The van der Waals surface area contributed by atoms with E-state index in [1.165, 1.54) is 14.2 Å². The first-order valence-electron chi connectivity index (χ1n) is 7.71. The van der Waals surface area contributed by atoms with Crippen LogP contribution in [0, 0.1) is 0 Å². The minimum Gasteiger partial charge on any atom is -0.466 e. The summed E-state index contributed by atoms with van der Waals surface area (Å²) in [4.78, 5) is 47.3. The predicted octanol–water partition coefficient (Wildman–Crippen LogP) is -0.228. The first kappa shape index (κ1) is 21.1. The van der Waals surface area contributed by atoms with Crippen molar-refractivity contribution in [3.05, 3.63) is 36.5 Å². The molecule has 9 heteroatoms. The summed E-state index contributed by atoms with van der Waals surface area (Å²) in [6, 6.07) is 0. The summed E-state index contributed by atoms with van der Waals surface area (Å²) in [6.45, 7) is 1.49. The Bertz CT molecular complexity index is 600. The van der Waals surface area contributed by atoms with Gasteiger partial charge >= 0.3 is 23.9 Å². The molecule has 0 bridgehead atoms. The molecular formula is C17H21NO8. The molecule has 0 amide bonds. The summed E-state index contributed by atoms with van der Waals surface area (Å²) in [6.07, 6.45) is 6.87. The van der Waals surface area contributed by atoms with Crippen LogP contribution in [0.3, 0.4) is 0 Å². The molecule has 1 aliphatic rings. The second-order valence-electron chi connectivity index (χ2n) is 5.09. The Labute approximate surface area is 150 Å². The summed E-state index contributed by atoms with van der Waals surface area (Å²) >= 11 is 0. The van der Waals surface area contributed by atoms with Crippen LogP contribution in [0.4, 0.5) is 0 Å². The molecule has 9 nitrogen and oxygen atoms in total. The number of rotatable bonds is 9. The van der Waals surface area contributed by atoms with Crippen LogP contribution in [0.2, 0.25) is 0 Å². The summed E-state index contributed by atoms with van der Waals surface area (Å²) < 4.78 is 18.9. The van der Waals surface area contributed by atoms with Crippen LogP contribution in [-0.2, 0) is 38.1 Å². The number of carbonyl (C=O) groups excluding carboxylic acids is 4. The number of ether oxygens (including phenoxy) is 4. The second-order valence-corrected chi connectivity index (χ2v) is 5.09. The van der Waals surface area contributed by atoms with Crippen molar-refractivity contribution < 1.29 is 38.1 Å². The van der Waals surface area contributed by atoms with Gasteiger partial charge in [-0.15, -0.1) is 0 Å². The Balaban J connectivity index is 2.57. The highest BCUT2D eigenvalue weighted by Crippen LogP contribution is 2.05. The first-order chi connectivity index (χ1) is 12.4. The van der Waals surface area contributed by atoms with Crippen LogP contribution < -0.4 is 0 Å². The fraction of sp³-hybridized carbons (Fsp3) is 0.412. The van der Waals surface area contributed by atoms with Crippen LogP contribution >= 0.6 is 0 Å². The number of nitrogens with zero attached hydrogens (tertiary/aromatic N) is 1. The molecular weight excluding hydrogens is 346 g/mol. The summed E-state index contributed by atoms with van der Waals surface area (Å²) in [5.74, 6) is -2.93. The van der Waals surface area contributed by atoms with Gasteiger partial charge in [-0.3, -0.25) is 4.90 Å². The van der Waals surface area contributed by atoms with E-state index < -0.39 is 30.0 Å². The van der Waals surface area contributed by atoms with Crippen LogP contribution in [0.5, 0.6) is 0 Å². The summed E-state index contributed by atoms with van der Waals surface area (Å²) in [5.41, 5.74) is 0. The smallest absolute Gasteiger partial charge is 0.331 e. The highest BCUT2D eigenvalue weighted by molar-refractivity contribution is 5.92. The molecule has 0 aliphatic carbocycles. The SMILES string of the molecule is COC(=O)/C=C/C(=O)OCC(CN1CC=CC1)OC(=O)/C=C/C(=O)OC. The Kier molecular flexibility index (Phi) is 9.40. The Morgan fingerprint density at radius 2 is 1.38 bits per heavy atom. The minimum atomic E-state index is -0.777. The molecule has 0 aromatic carbocycles. The lowest BCUT2D eigenvalue weighted by Crippen LogP contribution is -2.37. The Morgan fingerprint density at radius 3 is 1.92 bits per heavy atom. The molecule has 1 aliphatic heterocycles. The van der Waals surface area contributed by atoms with Crippen LogP contribution in [-0.4, -0.2) is 75.3 Å². The molecule has 0 fully saturated rings. The molecule has 1 unspecified atom stereocenters. The molecule has 0 aromatic heterocycles. The molecule has 1 atom stereocenters. The summed E-state index contributed by atoms with van der Waals surface area (Å²) in [7, 11) is 2.36. The molecule has 1 rings (SSSR count). The van der Waals surface area contributed by atoms with Gasteiger partial charge in [-0.2, -0.15) is 0 Å². The van der Waals surface area contributed by atoms with Crippen molar-refractivity contribution in [1.82, 2.24) is 4.90 Å². The number of esters is 4. The van der Waals surface area contributed by atoms with Crippen LogP contribution in [0.25, 0.3) is 0 Å². The molecule has 0 saturated heterocycles. The van der Waals surface area contributed by atoms with E-state index in [2.05, 4.69) is 9.47 Å². The Morgan fingerprint density at radius 1 is 0.885 bits per heavy atom. The van der Waals surface area contributed by atoms with Gasteiger partial charge in [0.15, 0.2) is 0 Å². The largest absolute Gasteiger partial charge is 0.466 e. The molecule has 0 saturated carbocycles. The summed E-state index contributed by atoms with van der Waals surface area (Å²) in [5, 5.41) is 0. The van der Waals surface area contributed by atoms with Crippen molar-refractivity contribution >= 4 is 23.9 Å². The fourth-order valence-corrected chi connectivity index (χ4v) is 1.92. The quantitative estimate of drug-likeness (QED) is 0.236. The van der Waals surface area contributed by atoms with Gasteiger partial charge in [-0.25, -0.2) is 19.2 Å². The third kappa shape index (κ3) is 8.78. The third-order valence-electron chi connectivity index (χ3n) is 3.16. The highest BCUT2D eigenvalue weighted by Gasteiger charge is 2.20. The van der Waals surface area contributed by atoms with Gasteiger partial charge < -0.3 is 18.9 Å². The molecule has 1 heterocycles. The van der Waals surface area contributed by atoms with Crippen molar-refractivity contribution in [2.75, 3.05) is 40.5 Å². The number of hydrogen-bond donors (Lipinski definition) is 0. The van der Waals surface area contributed by atoms with Gasteiger partial charge in [-0.1, -0.05) is 12.2 Å². The van der Waals surface area contributed by atoms with Crippen LogP contribution in [0.1, 0.15) is 0 Å². The van der Waals surface area contributed by atoms with Crippen molar-refractivity contribution in [2.24, 2.45) is 0 Å². The molecule has 0 N–H and O–H groups in total. The lowest BCUT2D eigenvalue weighted by molar-refractivity contribution is -0.153. The zero-order valence-corrected chi connectivity index (χ0v) is 14.6. The molecule has 142 valence electrons. The van der Waals surface area contributed by atoms with E-state index >= 15 is 0 Å². The second kappa shape index (κ2) is 11.6. The van der Waals surface area contributed by atoms with E-state index in [-0.39, 0.29) is 6.61 Å². The van der Waals surface area contributed by atoms with E-state index in [1.54, 1.807) is 0 Å². The lowest BCUT2D eigenvalue weighted by Gasteiger charge is -2.22. The van der Waals surface area contributed by atoms with E-state index in [0.717, 1.165) is 24.3 Å². The molecule has 26 heavy (non-hydrogen) atoms. The van der Waals surface area contributed by atoms with Crippen LogP contribution in [0.15, 0.2) is 36.5 Å². The number of carbonyl (C=O) groups is 4. The van der Waals surface area contributed by atoms with Gasteiger partial charge in [-0.05, 0) is 0 Å². The zero-order valence-electron chi connectivity index (χ0n) is 14.6. The van der Waals surface area contributed by atoms with Crippen molar-refractivity contribution in [2.45, 2.75) is 6.10 Å². The van der Waals surface area contributed by atoms with Crippen molar-refractivity contribution in [3.63, 3.8) is 0 Å². The highest BCUT2D eigenvalue weighted by atomic mass is 16.6. The lowest BCUT2D eigenvalue weighted by atomic mass is 10.3. The topological polar surface area (TPSA) is 108 Å². The molecule has 0 radical (unpaired) electrons. The van der Waals surface area contributed by atoms with E-state index in [1.807, 2.05) is 17.1 Å². The maximum atomic E-state index is 11.8. The van der Waals surface area contributed by atoms with Gasteiger partial charge in [0.1, 0.15) is 12.7 Å². The molecule has 0 spiro atoms. The normalized spacial score (nSPS) is 15.2. The molecule has 0 aromatic rings. The minimum absolute atomic E-state index is 0.210. The van der Waals surface area contributed by atoms with Gasteiger partial charge in [0.05, 0.1) is 14.2 Å². The zero-order chi connectivity index (χ0) is 19.4. The van der Waals surface area contributed by atoms with Crippen molar-refractivity contribution in [1.29, 1.82) is 0 Å². The number of hydrogen-bond acceptors (Lipinski definition) is 9. The van der Waals surface area contributed by atoms with Crippen molar-refractivity contribution in [3.8, 4) is 0 Å². The maximum absolute atomic E-state index is 11.8. The van der Waals surface area contributed by atoms with Gasteiger partial charge in [0.2, 0.25) is 0 Å². The van der Waals surface area contributed by atoms with Gasteiger partial charge in [0.25, 0.3) is 0 Å². The maximum Gasteiger partial charge on any atom is 0.331 e.